The van der Waals surface area contributed by atoms with Crippen LogP contribution in [-0.4, -0.2) is 40.6 Å². The van der Waals surface area contributed by atoms with E-state index in [4.69, 9.17) is 9.52 Å². The van der Waals surface area contributed by atoms with Crippen LogP contribution in [-0.2, 0) is 4.79 Å². The van der Waals surface area contributed by atoms with Gasteiger partial charge in [-0.3, -0.25) is 4.79 Å². The highest BCUT2D eigenvalue weighted by molar-refractivity contribution is 7.99. The molecule has 0 saturated carbocycles. The standard InChI is InChI=1S/C12H11F3N2O3S/c13-12(14,15)9(18)5-16-10(19)6-21-11-17-7-3-1-2-4-8(7)20-11/h1-4,9,18H,5-6H2,(H,16,19). The molecular formula is C12H11F3N2O3S. The quantitative estimate of drug-likeness (QED) is 0.824. The smallest absolute Gasteiger partial charge is 0.416 e. The average molecular weight is 320 g/mol. The fourth-order valence-corrected chi connectivity index (χ4v) is 2.09. The number of aliphatic hydroxyl groups is 1. The summed E-state index contributed by atoms with van der Waals surface area (Å²) < 4.78 is 41.5. The zero-order valence-electron chi connectivity index (χ0n) is 10.6. The third-order valence-corrected chi connectivity index (χ3v) is 3.30. The fourth-order valence-electron chi connectivity index (χ4n) is 1.42. The molecule has 1 aromatic carbocycles. The van der Waals surface area contributed by atoms with E-state index in [1.807, 2.05) is 5.32 Å². The Morgan fingerprint density at radius 3 is 2.81 bits per heavy atom. The number of hydrogen-bond donors (Lipinski definition) is 2. The van der Waals surface area contributed by atoms with Gasteiger partial charge in [-0.15, -0.1) is 0 Å². The molecule has 1 amide bonds. The highest BCUT2D eigenvalue weighted by Crippen LogP contribution is 2.23. The molecule has 9 heteroatoms. The van der Waals surface area contributed by atoms with E-state index in [0.717, 1.165) is 11.8 Å². The third kappa shape index (κ3) is 4.36. The maximum atomic E-state index is 12.0. The first-order valence-corrected chi connectivity index (χ1v) is 6.84. The predicted molar refractivity (Wildman–Crippen MR) is 69.8 cm³/mol. The average Bonchev–Trinajstić information content (AvgIpc) is 2.84. The molecule has 0 bridgehead atoms. The van der Waals surface area contributed by atoms with Crippen LogP contribution in [0, 0.1) is 0 Å². The number of thioether (sulfide) groups is 1. The van der Waals surface area contributed by atoms with Gasteiger partial charge in [0.1, 0.15) is 5.52 Å². The molecular weight excluding hydrogens is 309 g/mol. The zero-order chi connectivity index (χ0) is 15.5. The summed E-state index contributed by atoms with van der Waals surface area (Å²) in [5, 5.41) is 11.0. The third-order valence-electron chi connectivity index (χ3n) is 2.47. The van der Waals surface area contributed by atoms with Crippen molar-refractivity contribution in [1.29, 1.82) is 0 Å². The van der Waals surface area contributed by atoms with E-state index >= 15 is 0 Å². The van der Waals surface area contributed by atoms with Gasteiger partial charge in [-0.1, -0.05) is 23.9 Å². The SMILES string of the molecule is O=C(CSc1nc2ccccc2o1)NCC(O)C(F)(F)F. The minimum absolute atomic E-state index is 0.155. The molecule has 0 fully saturated rings. The van der Waals surface area contributed by atoms with Crippen molar-refractivity contribution in [3.05, 3.63) is 24.3 Å². The summed E-state index contributed by atoms with van der Waals surface area (Å²) in [6.45, 7) is -0.879. The number of nitrogens with one attached hydrogen (secondary N) is 1. The number of amides is 1. The predicted octanol–water partition coefficient (Wildman–Crippen LogP) is 1.96. The molecule has 2 N–H and O–H groups in total. The van der Waals surface area contributed by atoms with E-state index in [1.165, 1.54) is 0 Å². The largest absolute Gasteiger partial charge is 0.431 e. The van der Waals surface area contributed by atoms with Crippen molar-refractivity contribution in [3.63, 3.8) is 0 Å². The van der Waals surface area contributed by atoms with Crippen LogP contribution in [0.25, 0.3) is 11.1 Å². The summed E-state index contributed by atoms with van der Waals surface area (Å²) in [6.07, 6.45) is -7.32. The molecule has 0 radical (unpaired) electrons. The van der Waals surface area contributed by atoms with Gasteiger partial charge in [0.2, 0.25) is 5.91 Å². The molecule has 2 aromatic rings. The number of carbonyl (C=O) groups is 1. The highest BCUT2D eigenvalue weighted by Gasteiger charge is 2.38. The van der Waals surface area contributed by atoms with Gasteiger partial charge in [-0.2, -0.15) is 13.2 Å². The molecule has 0 aliphatic carbocycles. The Hall–Kier alpha value is -1.74. The second kappa shape index (κ2) is 6.35. The maximum Gasteiger partial charge on any atom is 0.416 e. The van der Waals surface area contributed by atoms with Gasteiger partial charge in [-0.25, -0.2) is 4.98 Å². The van der Waals surface area contributed by atoms with E-state index in [-0.39, 0.29) is 11.0 Å². The van der Waals surface area contributed by atoms with Gasteiger partial charge >= 0.3 is 6.18 Å². The van der Waals surface area contributed by atoms with Crippen molar-refractivity contribution in [2.45, 2.75) is 17.5 Å². The number of benzene rings is 1. The second-order valence-corrected chi connectivity index (χ2v) is 5.02. The molecule has 0 aliphatic rings. The summed E-state index contributed by atoms with van der Waals surface area (Å²) in [4.78, 5) is 15.5. The number of para-hydroxylation sites is 2. The number of alkyl halides is 3. The molecule has 0 aliphatic heterocycles. The van der Waals surface area contributed by atoms with Crippen molar-refractivity contribution in [1.82, 2.24) is 10.3 Å². The van der Waals surface area contributed by atoms with Gasteiger partial charge in [0, 0.05) is 0 Å². The molecule has 0 spiro atoms. The number of rotatable bonds is 5. The van der Waals surface area contributed by atoms with E-state index in [0.29, 0.717) is 11.1 Å². The van der Waals surface area contributed by atoms with Crippen LogP contribution in [0.4, 0.5) is 13.2 Å². The number of oxazole rings is 1. The molecule has 21 heavy (non-hydrogen) atoms. The van der Waals surface area contributed by atoms with Gasteiger partial charge < -0.3 is 14.8 Å². The number of hydrogen-bond acceptors (Lipinski definition) is 5. The number of aliphatic hydroxyl groups excluding tert-OH is 1. The molecule has 0 saturated heterocycles. The van der Waals surface area contributed by atoms with Crippen molar-refractivity contribution >= 4 is 28.8 Å². The second-order valence-electron chi connectivity index (χ2n) is 4.10. The lowest BCUT2D eigenvalue weighted by molar-refractivity contribution is -0.201. The zero-order valence-corrected chi connectivity index (χ0v) is 11.4. The highest BCUT2D eigenvalue weighted by atomic mass is 32.2. The topological polar surface area (TPSA) is 75.4 Å². The van der Waals surface area contributed by atoms with E-state index in [9.17, 15) is 18.0 Å². The minimum Gasteiger partial charge on any atom is -0.431 e. The maximum absolute atomic E-state index is 12.0. The Morgan fingerprint density at radius 2 is 2.14 bits per heavy atom. The molecule has 1 aromatic heterocycles. The lowest BCUT2D eigenvalue weighted by atomic mass is 10.3. The normalized spacial score (nSPS) is 13.3. The van der Waals surface area contributed by atoms with Crippen molar-refractivity contribution < 1.29 is 27.5 Å². The Kier molecular flexibility index (Phi) is 4.73. The Bertz CT molecular complexity index is 596. The van der Waals surface area contributed by atoms with Crippen LogP contribution in [0.2, 0.25) is 0 Å². The van der Waals surface area contributed by atoms with Crippen LogP contribution >= 0.6 is 11.8 Å². The van der Waals surface area contributed by atoms with E-state index in [1.54, 1.807) is 24.3 Å². The lowest BCUT2D eigenvalue weighted by Gasteiger charge is -2.14. The molecule has 114 valence electrons. The van der Waals surface area contributed by atoms with Crippen LogP contribution in [0.5, 0.6) is 0 Å². The molecule has 5 nitrogen and oxygen atoms in total. The monoisotopic (exact) mass is 320 g/mol. The van der Waals surface area contributed by atoms with Crippen LogP contribution in [0.3, 0.4) is 0 Å². The van der Waals surface area contributed by atoms with Crippen LogP contribution < -0.4 is 5.32 Å². The summed E-state index contributed by atoms with van der Waals surface area (Å²) in [7, 11) is 0. The van der Waals surface area contributed by atoms with Crippen molar-refractivity contribution in [3.8, 4) is 0 Å². The Balaban J connectivity index is 1.81. The first-order valence-electron chi connectivity index (χ1n) is 5.86. The van der Waals surface area contributed by atoms with Crippen molar-refractivity contribution in [2.24, 2.45) is 0 Å². The molecule has 1 unspecified atom stereocenters. The first kappa shape index (κ1) is 15.6. The number of aromatic nitrogens is 1. The summed E-state index contributed by atoms with van der Waals surface area (Å²) >= 11 is 0.961. The van der Waals surface area contributed by atoms with Gasteiger partial charge in [-0.05, 0) is 12.1 Å². The van der Waals surface area contributed by atoms with Gasteiger partial charge in [0.05, 0.1) is 12.3 Å². The number of fused-ring (bicyclic) bond motifs is 1. The Labute approximate surface area is 121 Å². The van der Waals surface area contributed by atoms with Crippen molar-refractivity contribution in [2.75, 3.05) is 12.3 Å². The van der Waals surface area contributed by atoms with Crippen LogP contribution in [0.1, 0.15) is 0 Å². The number of halogens is 3. The van der Waals surface area contributed by atoms with Gasteiger partial charge in [0.25, 0.3) is 5.22 Å². The Morgan fingerprint density at radius 1 is 1.43 bits per heavy atom. The fraction of sp³-hybridized carbons (Fsp3) is 0.333. The van der Waals surface area contributed by atoms with E-state index in [2.05, 4.69) is 4.98 Å². The summed E-state index contributed by atoms with van der Waals surface area (Å²) in [5.41, 5.74) is 1.20. The molecule has 2 rings (SSSR count). The van der Waals surface area contributed by atoms with Crippen LogP contribution in [0.15, 0.2) is 33.9 Å². The van der Waals surface area contributed by atoms with E-state index < -0.39 is 24.7 Å². The molecule has 1 heterocycles. The minimum atomic E-state index is -4.75. The number of carbonyl (C=O) groups excluding carboxylic acids is 1. The number of nitrogens with zero attached hydrogens (tertiary/aromatic N) is 1. The first-order chi connectivity index (χ1) is 9.86. The lowest BCUT2D eigenvalue weighted by Crippen LogP contribution is -2.41. The summed E-state index contributed by atoms with van der Waals surface area (Å²) in [6, 6.07) is 7.01. The molecule has 1 atom stereocenters. The van der Waals surface area contributed by atoms with Gasteiger partial charge in [0.15, 0.2) is 11.7 Å². The summed E-state index contributed by atoms with van der Waals surface area (Å²) in [5.74, 6) is -0.803.